The van der Waals surface area contributed by atoms with Crippen molar-refractivity contribution in [3.8, 4) is 0 Å². The summed E-state index contributed by atoms with van der Waals surface area (Å²) in [6, 6.07) is 19.8. The van der Waals surface area contributed by atoms with E-state index in [1.54, 1.807) is 18.2 Å². The molecular formula is C21H20N4O. The third kappa shape index (κ3) is 3.04. The van der Waals surface area contributed by atoms with Gasteiger partial charge in [0.15, 0.2) is 11.6 Å². The zero-order valence-corrected chi connectivity index (χ0v) is 14.8. The summed E-state index contributed by atoms with van der Waals surface area (Å²) in [5, 5.41) is 11.3. The van der Waals surface area contributed by atoms with Gasteiger partial charge in [-0.15, -0.1) is 10.2 Å². The molecule has 0 fully saturated rings. The minimum atomic E-state index is -0.188. The Balaban J connectivity index is 1.52. The maximum Gasteiger partial charge on any atom is 0.256 e. The van der Waals surface area contributed by atoms with Crippen LogP contribution in [0.4, 0.5) is 17.3 Å². The minimum absolute atomic E-state index is 0.188. The van der Waals surface area contributed by atoms with Gasteiger partial charge in [0.2, 0.25) is 0 Å². The van der Waals surface area contributed by atoms with E-state index < -0.39 is 0 Å². The van der Waals surface area contributed by atoms with Crippen LogP contribution in [0.1, 0.15) is 28.4 Å². The van der Waals surface area contributed by atoms with Gasteiger partial charge in [0, 0.05) is 17.3 Å². The molecule has 1 aliphatic rings. The van der Waals surface area contributed by atoms with E-state index in [2.05, 4.69) is 45.5 Å². The highest BCUT2D eigenvalue weighted by Crippen LogP contribution is 2.36. The Labute approximate surface area is 152 Å². The van der Waals surface area contributed by atoms with E-state index in [0.29, 0.717) is 17.4 Å². The topological polar surface area (TPSA) is 58.1 Å². The number of anilines is 3. The van der Waals surface area contributed by atoms with Crippen LogP contribution in [0.2, 0.25) is 0 Å². The first-order chi connectivity index (χ1) is 12.6. The van der Waals surface area contributed by atoms with E-state index in [0.717, 1.165) is 17.8 Å². The van der Waals surface area contributed by atoms with Gasteiger partial charge in [-0.2, -0.15) is 0 Å². The van der Waals surface area contributed by atoms with Gasteiger partial charge in [0.25, 0.3) is 5.91 Å². The summed E-state index contributed by atoms with van der Waals surface area (Å²) in [5.41, 5.74) is 4.21. The SMILES string of the molecule is Cc1ccc(C(=O)Nc2ccc(N3c4ccccc4CC3C)nn2)cc1. The van der Waals surface area contributed by atoms with Gasteiger partial charge in [-0.25, -0.2) is 0 Å². The van der Waals surface area contributed by atoms with Crippen molar-refractivity contribution in [3.63, 3.8) is 0 Å². The Bertz CT molecular complexity index is 935. The van der Waals surface area contributed by atoms with Gasteiger partial charge in [0.1, 0.15) is 0 Å². The number of rotatable bonds is 3. The maximum atomic E-state index is 12.3. The highest BCUT2D eigenvalue weighted by atomic mass is 16.1. The summed E-state index contributed by atoms with van der Waals surface area (Å²) in [7, 11) is 0. The second-order valence-electron chi connectivity index (χ2n) is 6.65. The number of hydrogen-bond donors (Lipinski definition) is 1. The van der Waals surface area contributed by atoms with Crippen LogP contribution in [0, 0.1) is 6.92 Å². The molecule has 26 heavy (non-hydrogen) atoms. The van der Waals surface area contributed by atoms with Crippen molar-refractivity contribution < 1.29 is 4.79 Å². The highest BCUT2D eigenvalue weighted by Gasteiger charge is 2.27. The Morgan fingerprint density at radius 3 is 2.54 bits per heavy atom. The second-order valence-corrected chi connectivity index (χ2v) is 6.65. The first kappa shape index (κ1) is 16.3. The molecule has 1 aromatic heterocycles. The van der Waals surface area contributed by atoms with E-state index >= 15 is 0 Å². The summed E-state index contributed by atoms with van der Waals surface area (Å²) >= 11 is 0. The molecule has 1 atom stereocenters. The van der Waals surface area contributed by atoms with Crippen LogP contribution in [0.3, 0.4) is 0 Å². The number of hydrogen-bond acceptors (Lipinski definition) is 4. The van der Waals surface area contributed by atoms with Crippen molar-refractivity contribution in [3.05, 3.63) is 77.4 Å². The zero-order chi connectivity index (χ0) is 18.1. The predicted octanol–water partition coefficient (Wildman–Crippen LogP) is 4.12. The van der Waals surface area contributed by atoms with Gasteiger partial charge in [-0.1, -0.05) is 35.9 Å². The number of nitrogens with one attached hydrogen (secondary N) is 1. The summed E-state index contributed by atoms with van der Waals surface area (Å²) < 4.78 is 0. The van der Waals surface area contributed by atoms with E-state index in [1.807, 2.05) is 31.2 Å². The Hall–Kier alpha value is -3.21. The van der Waals surface area contributed by atoms with Crippen molar-refractivity contribution in [2.75, 3.05) is 10.2 Å². The largest absolute Gasteiger partial charge is 0.321 e. The van der Waals surface area contributed by atoms with E-state index in [4.69, 9.17) is 0 Å². The van der Waals surface area contributed by atoms with Crippen LogP contribution in [0.25, 0.3) is 0 Å². The molecule has 1 N–H and O–H groups in total. The van der Waals surface area contributed by atoms with Crippen LogP contribution in [-0.4, -0.2) is 22.1 Å². The molecular weight excluding hydrogens is 324 g/mol. The molecule has 1 aliphatic heterocycles. The fourth-order valence-corrected chi connectivity index (χ4v) is 3.33. The lowest BCUT2D eigenvalue weighted by Crippen LogP contribution is -2.25. The van der Waals surface area contributed by atoms with E-state index in [-0.39, 0.29) is 5.91 Å². The fraction of sp³-hybridized carbons (Fsp3) is 0.190. The number of fused-ring (bicyclic) bond motifs is 1. The number of amides is 1. The number of carbonyl (C=O) groups excluding carboxylic acids is 1. The molecule has 5 nitrogen and oxygen atoms in total. The molecule has 3 aromatic rings. The smallest absolute Gasteiger partial charge is 0.256 e. The van der Waals surface area contributed by atoms with Gasteiger partial charge in [-0.3, -0.25) is 4.79 Å². The van der Waals surface area contributed by atoms with Gasteiger partial charge < -0.3 is 10.2 Å². The molecule has 4 rings (SSSR count). The predicted molar refractivity (Wildman–Crippen MR) is 103 cm³/mol. The lowest BCUT2D eigenvalue weighted by Gasteiger charge is -2.23. The fourth-order valence-electron chi connectivity index (χ4n) is 3.33. The van der Waals surface area contributed by atoms with Crippen LogP contribution in [0.5, 0.6) is 0 Å². The molecule has 0 saturated carbocycles. The molecule has 2 heterocycles. The molecule has 0 aliphatic carbocycles. The Morgan fingerprint density at radius 2 is 1.81 bits per heavy atom. The van der Waals surface area contributed by atoms with E-state index in [9.17, 15) is 4.79 Å². The molecule has 5 heteroatoms. The Morgan fingerprint density at radius 1 is 1.04 bits per heavy atom. The summed E-state index contributed by atoms with van der Waals surface area (Å²) in [6.07, 6.45) is 0.990. The van der Waals surface area contributed by atoms with Crippen LogP contribution >= 0.6 is 0 Å². The van der Waals surface area contributed by atoms with Crippen molar-refractivity contribution in [2.45, 2.75) is 26.3 Å². The minimum Gasteiger partial charge on any atom is -0.321 e. The first-order valence-corrected chi connectivity index (χ1v) is 8.71. The number of para-hydroxylation sites is 1. The van der Waals surface area contributed by atoms with Crippen molar-refractivity contribution >= 4 is 23.2 Å². The number of aryl methyl sites for hydroxylation is 1. The van der Waals surface area contributed by atoms with Crippen molar-refractivity contribution in [1.29, 1.82) is 0 Å². The second kappa shape index (κ2) is 6.59. The van der Waals surface area contributed by atoms with E-state index in [1.165, 1.54) is 11.3 Å². The maximum absolute atomic E-state index is 12.3. The number of carbonyl (C=O) groups is 1. The van der Waals surface area contributed by atoms with Gasteiger partial charge >= 0.3 is 0 Å². The third-order valence-electron chi connectivity index (χ3n) is 4.66. The third-order valence-corrected chi connectivity index (χ3v) is 4.66. The summed E-state index contributed by atoms with van der Waals surface area (Å²) in [4.78, 5) is 14.5. The molecule has 0 saturated heterocycles. The molecule has 0 spiro atoms. The van der Waals surface area contributed by atoms with Crippen LogP contribution in [-0.2, 0) is 6.42 Å². The monoisotopic (exact) mass is 344 g/mol. The molecule has 130 valence electrons. The quantitative estimate of drug-likeness (QED) is 0.776. The normalized spacial score (nSPS) is 15.6. The number of nitrogens with zero attached hydrogens (tertiary/aromatic N) is 3. The van der Waals surface area contributed by atoms with Gasteiger partial charge in [0.05, 0.1) is 0 Å². The average Bonchev–Trinajstić information content (AvgIpc) is 2.99. The lowest BCUT2D eigenvalue weighted by molar-refractivity contribution is 0.102. The van der Waals surface area contributed by atoms with Crippen LogP contribution < -0.4 is 10.2 Å². The first-order valence-electron chi connectivity index (χ1n) is 8.71. The average molecular weight is 344 g/mol. The van der Waals surface area contributed by atoms with Crippen molar-refractivity contribution in [1.82, 2.24) is 10.2 Å². The van der Waals surface area contributed by atoms with Gasteiger partial charge in [-0.05, 0) is 56.2 Å². The molecule has 2 aromatic carbocycles. The lowest BCUT2D eigenvalue weighted by atomic mass is 10.1. The molecule has 0 radical (unpaired) electrons. The molecule has 1 unspecified atom stereocenters. The van der Waals surface area contributed by atoms with Crippen molar-refractivity contribution in [2.24, 2.45) is 0 Å². The Kier molecular flexibility index (Phi) is 4.13. The zero-order valence-electron chi connectivity index (χ0n) is 14.8. The number of aromatic nitrogens is 2. The number of benzene rings is 2. The standard InChI is InChI=1S/C21H20N4O/c1-14-7-9-16(10-8-14)21(26)22-19-11-12-20(24-23-19)25-15(2)13-17-5-3-4-6-18(17)25/h3-12,15H,13H2,1-2H3,(H,22,23,26). The van der Waals surface area contributed by atoms with Crippen LogP contribution in [0.15, 0.2) is 60.7 Å². The molecule has 1 amide bonds. The highest BCUT2D eigenvalue weighted by molar-refractivity contribution is 6.03. The molecule has 0 bridgehead atoms. The summed E-state index contributed by atoms with van der Waals surface area (Å²) in [6.45, 7) is 4.16. The summed E-state index contributed by atoms with van der Waals surface area (Å²) in [5.74, 6) is 1.04.